The summed E-state index contributed by atoms with van der Waals surface area (Å²) in [5.74, 6) is 1.20. The third kappa shape index (κ3) is 4.68. The van der Waals surface area contributed by atoms with Gasteiger partial charge in [-0.1, -0.05) is 40.1 Å². The second-order valence-electron chi connectivity index (χ2n) is 6.84. The number of benzene rings is 2. The molecule has 0 spiro atoms. The van der Waals surface area contributed by atoms with E-state index in [0.717, 1.165) is 0 Å². The third-order valence-corrected chi connectivity index (χ3v) is 4.98. The SMILES string of the molecule is CCOc1ccc(-c2nnc(NC(=O)c3c(-c4ccccc4Cl)noc3C)o2)cc1OCC. The van der Waals surface area contributed by atoms with Crippen LogP contribution in [-0.4, -0.2) is 34.5 Å². The lowest BCUT2D eigenvalue weighted by Crippen LogP contribution is -2.13. The number of carbonyl (C=O) groups is 1. The number of nitrogens with one attached hydrogen (secondary N) is 1. The van der Waals surface area contributed by atoms with Gasteiger partial charge in [-0.25, -0.2) is 0 Å². The van der Waals surface area contributed by atoms with E-state index < -0.39 is 5.91 Å². The number of ether oxygens (including phenoxy) is 2. The fraction of sp³-hybridized carbons (Fsp3) is 0.217. The monoisotopic (exact) mass is 468 g/mol. The second-order valence-corrected chi connectivity index (χ2v) is 7.24. The highest BCUT2D eigenvalue weighted by molar-refractivity contribution is 6.33. The maximum atomic E-state index is 13.0. The number of halogens is 1. The number of nitrogens with zero attached hydrogens (tertiary/aromatic N) is 3. The Bertz CT molecular complexity index is 1280. The average Bonchev–Trinajstić information content (AvgIpc) is 3.42. The van der Waals surface area contributed by atoms with Crippen LogP contribution in [0.3, 0.4) is 0 Å². The van der Waals surface area contributed by atoms with Gasteiger partial charge in [0.05, 0.1) is 18.2 Å². The van der Waals surface area contributed by atoms with Crippen molar-refractivity contribution in [2.75, 3.05) is 18.5 Å². The highest BCUT2D eigenvalue weighted by Crippen LogP contribution is 2.34. The lowest BCUT2D eigenvalue weighted by atomic mass is 10.1. The molecule has 2 heterocycles. The number of anilines is 1. The maximum absolute atomic E-state index is 13.0. The molecule has 2 aromatic carbocycles. The van der Waals surface area contributed by atoms with Crippen molar-refractivity contribution in [1.82, 2.24) is 15.4 Å². The Balaban J connectivity index is 1.58. The summed E-state index contributed by atoms with van der Waals surface area (Å²) in [5, 5.41) is 15.0. The number of aryl methyl sites for hydroxylation is 1. The summed E-state index contributed by atoms with van der Waals surface area (Å²) in [5.41, 5.74) is 1.74. The standard InChI is InChI=1S/C23H21ClN4O5/c1-4-30-17-11-10-14(12-18(17)31-5-2)22-26-27-23(32-22)25-21(29)19-13(3)33-28-20(19)15-8-6-7-9-16(15)24/h6-12H,4-5H2,1-3H3,(H,25,27,29). The quantitative estimate of drug-likeness (QED) is 0.365. The van der Waals surface area contributed by atoms with Gasteiger partial charge in [0, 0.05) is 11.1 Å². The summed E-state index contributed by atoms with van der Waals surface area (Å²) < 4.78 is 22.1. The number of hydrogen-bond donors (Lipinski definition) is 1. The Morgan fingerprint density at radius 2 is 1.82 bits per heavy atom. The molecule has 4 aromatic rings. The van der Waals surface area contributed by atoms with E-state index >= 15 is 0 Å². The molecule has 33 heavy (non-hydrogen) atoms. The molecule has 0 unspecified atom stereocenters. The second kappa shape index (κ2) is 9.74. The first-order valence-electron chi connectivity index (χ1n) is 10.3. The van der Waals surface area contributed by atoms with Crippen molar-refractivity contribution in [3.63, 3.8) is 0 Å². The van der Waals surface area contributed by atoms with Crippen LogP contribution in [0.25, 0.3) is 22.7 Å². The van der Waals surface area contributed by atoms with E-state index in [2.05, 4.69) is 20.7 Å². The van der Waals surface area contributed by atoms with E-state index in [1.165, 1.54) is 0 Å². The van der Waals surface area contributed by atoms with Crippen LogP contribution < -0.4 is 14.8 Å². The van der Waals surface area contributed by atoms with Gasteiger partial charge in [-0.3, -0.25) is 10.1 Å². The Labute approximate surface area is 194 Å². The zero-order chi connectivity index (χ0) is 23.4. The first-order chi connectivity index (χ1) is 16.0. The van der Waals surface area contributed by atoms with Crippen molar-refractivity contribution in [3.8, 4) is 34.2 Å². The predicted octanol–water partition coefficient (Wildman–Crippen LogP) is 5.40. The van der Waals surface area contributed by atoms with Crippen LogP contribution in [0.1, 0.15) is 30.0 Å². The van der Waals surface area contributed by atoms with E-state index in [-0.39, 0.29) is 17.5 Å². The first-order valence-corrected chi connectivity index (χ1v) is 10.7. The molecule has 10 heteroatoms. The number of rotatable bonds is 8. The molecular formula is C23H21ClN4O5. The number of carbonyl (C=O) groups excluding carboxylic acids is 1. The molecule has 0 fully saturated rings. The summed E-state index contributed by atoms with van der Waals surface area (Å²) in [6, 6.07) is 12.2. The molecular weight excluding hydrogens is 448 g/mol. The zero-order valence-corrected chi connectivity index (χ0v) is 19.0. The van der Waals surface area contributed by atoms with Crippen molar-refractivity contribution in [1.29, 1.82) is 0 Å². The Morgan fingerprint density at radius 3 is 2.58 bits per heavy atom. The largest absolute Gasteiger partial charge is 0.490 e. The topological polar surface area (TPSA) is 113 Å². The predicted molar refractivity (Wildman–Crippen MR) is 122 cm³/mol. The van der Waals surface area contributed by atoms with Gasteiger partial charge in [-0.15, -0.1) is 5.10 Å². The van der Waals surface area contributed by atoms with E-state index in [4.69, 9.17) is 30.0 Å². The zero-order valence-electron chi connectivity index (χ0n) is 18.2. The molecule has 170 valence electrons. The van der Waals surface area contributed by atoms with E-state index in [9.17, 15) is 4.79 Å². The minimum absolute atomic E-state index is 0.0763. The van der Waals surface area contributed by atoms with Crippen molar-refractivity contribution >= 4 is 23.5 Å². The lowest BCUT2D eigenvalue weighted by Gasteiger charge is -2.11. The Kier molecular flexibility index (Phi) is 6.60. The molecule has 9 nitrogen and oxygen atoms in total. The summed E-state index contributed by atoms with van der Waals surface area (Å²) in [4.78, 5) is 13.0. The van der Waals surface area contributed by atoms with Crippen LogP contribution >= 0.6 is 11.6 Å². The molecule has 0 saturated carbocycles. The summed E-state index contributed by atoms with van der Waals surface area (Å²) in [6.45, 7) is 6.39. The van der Waals surface area contributed by atoms with Crippen molar-refractivity contribution in [2.24, 2.45) is 0 Å². The molecule has 0 atom stereocenters. The van der Waals surface area contributed by atoms with Crippen LogP contribution in [0.2, 0.25) is 5.02 Å². The number of amides is 1. The summed E-state index contributed by atoms with van der Waals surface area (Å²) in [7, 11) is 0. The minimum atomic E-state index is -0.513. The fourth-order valence-corrected chi connectivity index (χ4v) is 3.44. The first kappa shape index (κ1) is 22.3. The molecule has 0 saturated heterocycles. The summed E-state index contributed by atoms with van der Waals surface area (Å²) >= 11 is 6.27. The van der Waals surface area contributed by atoms with Gasteiger partial charge in [-0.2, -0.15) is 0 Å². The molecule has 1 amide bonds. The molecule has 1 N–H and O–H groups in total. The molecule has 4 rings (SSSR count). The third-order valence-electron chi connectivity index (χ3n) is 4.65. The lowest BCUT2D eigenvalue weighted by molar-refractivity contribution is 0.102. The van der Waals surface area contributed by atoms with Gasteiger partial charge < -0.3 is 18.4 Å². The van der Waals surface area contributed by atoms with Crippen LogP contribution in [0.5, 0.6) is 11.5 Å². The van der Waals surface area contributed by atoms with Crippen molar-refractivity contribution in [3.05, 3.63) is 58.8 Å². The number of aromatic nitrogens is 3. The Hall–Kier alpha value is -3.85. The smallest absolute Gasteiger partial charge is 0.322 e. The fourth-order valence-electron chi connectivity index (χ4n) is 3.21. The highest BCUT2D eigenvalue weighted by Gasteiger charge is 2.24. The molecule has 0 radical (unpaired) electrons. The van der Waals surface area contributed by atoms with Gasteiger partial charge in [0.15, 0.2) is 11.5 Å². The van der Waals surface area contributed by atoms with E-state index in [0.29, 0.717) is 52.3 Å². The van der Waals surface area contributed by atoms with Crippen LogP contribution in [0, 0.1) is 6.92 Å². The van der Waals surface area contributed by atoms with Gasteiger partial charge in [-0.05, 0) is 45.0 Å². The number of hydrogen-bond acceptors (Lipinski definition) is 8. The van der Waals surface area contributed by atoms with Gasteiger partial charge in [0.2, 0.25) is 5.89 Å². The molecule has 0 aliphatic heterocycles. The maximum Gasteiger partial charge on any atom is 0.322 e. The minimum Gasteiger partial charge on any atom is -0.490 e. The summed E-state index contributed by atoms with van der Waals surface area (Å²) in [6.07, 6.45) is 0. The molecule has 2 aromatic heterocycles. The van der Waals surface area contributed by atoms with Crippen LogP contribution in [0.4, 0.5) is 6.01 Å². The van der Waals surface area contributed by atoms with Gasteiger partial charge >= 0.3 is 6.01 Å². The van der Waals surface area contributed by atoms with Gasteiger partial charge in [0.1, 0.15) is 17.0 Å². The molecule has 0 aliphatic rings. The van der Waals surface area contributed by atoms with E-state index in [1.807, 2.05) is 13.8 Å². The van der Waals surface area contributed by atoms with Crippen LogP contribution in [-0.2, 0) is 0 Å². The van der Waals surface area contributed by atoms with Crippen molar-refractivity contribution < 1.29 is 23.2 Å². The average molecular weight is 469 g/mol. The Morgan fingerprint density at radius 1 is 1.06 bits per heavy atom. The molecule has 0 bridgehead atoms. The highest BCUT2D eigenvalue weighted by atomic mass is 35.5. The normalized spacial score (nSPS) is 10.8. The van der Waals surface area contributed by atoms with Crippen molar-refractivity contribution in [2.45, 2.75) is 20.8 Å². The van der Waals surface area contributed by atoms with Crippen LogP contribution in [0.15, 0.2) is 51.4 Å². The molecule has 0 aliphatic carbocycles. The van der Waals surface area contributed by atoms with Gasteiger partial charge in [0.25, 0.3) is 5.91 Å². The van der Waals surface area contributed by atoms with E-state index in [1.54, 1.807) is 49.4 Å².